The van der Waals surface area contributed by atoms with Gasteiger partial charge in [0.15, 0.2) is 0 Å². The van der Waals surface area contributed by atoms with Gasteiger partial charge < -0.3 is 4.74 Å². The van der Waals surface area contributed by atoms with E-state index < -0.39 is 0 Å². The average Bonchev–Trinajstić information content (AvgIpc) is 2.84. The minimum Gasteiger partial charge on any atom is -0.465 e. The maximum Gasteiger partial charge on any atom is 0.308 e. The Kier molecular flexibility index (Phi) is 26.6. The van der Waals surface area contributed by atoms with Crippen LogP contribution in [-0.4, -0.2) is 12.6 Å². The summed E-state index contributed by atoms with van der Waals surface area (Å²) in [6.07, 6.45) is 31.8. The molecule has 0 N–H and O–H groups in total. The Morgan fingerprint density at radius 3 is 1.26 bits per heavy atom. The van der Waals surface area contributed by atoms with Crippen molar-refractivity contribution in [3.05, 3.63) is 0 Å². The van der Waals surface area contributed by atoms with Gasteiger partial charge in [-0.15, -0.1) is 0 Å². The Labute approximate surface area is 215 Å². The highest BCUT2D eigenvalue weighted by Gasteiger charge is 2.17. The standard InChI is InChI=1S/C32H64O2/c1-5-8-11-13-15-16-17-18-19-20-21-24-26-30(4)32(33)34-29-31(27-23-10-7-3)28-25-22-14-12-9-6-2/h30-31H,5-29H2,1-4H3. The van der Waals surface area contributed by atoms with Gasteiger partial charge in [0.2, 0.25) is 0 Å². The van der Waals surface area contributed by atoms with Crippen molar-refractivity contribution in [2.45, 2.75) is 182 Å². The zero-order valence-electron chi connectivity index (χ0n) is 24.1. The summed E-state index contributed by atoms with van der Waals surface area (Å²) in [7, 11) is 0. The van der Waals surface area contributed by atoms with E-state index in [9.17, 15) is 4.79 Å². The van der Waals surface area contributed by atoms with Crippen LogP contribution in [0.4, 0.5) is 0 Å². The van der Waals surface area contributed by atoms with Crippen LogP contribution in [0.5, 0.6) is 0 Å². The van der Waals surface area contributed by atoms with Crippen LogP contribution >= 0.6 is 0 Å². The fraction of sp³-hybridized carbons (Fsp3) is 0.969. The molecule has 2 atom stereocenters. The van der Waals surface area contributed by atoms with E-state index in [-0.39, 0.29) is 11.9 Å². The van der Waals surface area contributed by atoms with Crippen molar-refractivity contribution in [1.29, 1.82) is 0 Å². The summed E-state index contributed by atoms with van der Waals surface area (Å²) < 4.78 is 5.81. The number of hydrogen-bond acceptors (Lipinski definition) is 2. The number of ether oxygens (including phenoxy) is 1. The summed E-state index contributed by atoms with van der Waals surface area (Å²) in [5, 5.41) is 0. The molecular weight excluding hydrogens is 416 g/mol. The van der Waals surface area contributed by atoms with E-state index in [0.717, 1.165) is 6.42 Å². The van der Waals surface area contributed by atoms with Crippen LogP contribution in [0.15, 0.2) is 0 Å². The van der Waals surface area contributed by atoms with E-state index in [1.54, 1.807) is 0 Å². The lowest BCUT2D eigenvalue weighted by molar-refractivity contribution is -0.149. The molecule has 204 valence electrons. The van der Waals surface area contributed by atoms with Crippen molar-refractivity contribution in [3.63, 3.8) is 0 Å². The predicted octanol–water partition coefficient (Wildman–Crippen LogP) is 11.2. The van der Waals surface area contributed by atoms with Crippen LogP contribution in [0.1, 0.15) is 182 Å². The zero-order valence-corrected chi connectivity index (χ0v) is 24.1. The normalized spacial score (nSPS) is 13.2. The maximum absolute atomic E-state index is 12.5. The van der Waals surface area contributed by atoms with Gasteiger partial charge in [-0.1, -0.05) is 163 Å². The Bertz CT molecular complexity index is 406. The Hall–Kier alpha value is -0.530. The Morgan fingerprint density at radius 1 is 0.500 bits per heavy atom. The van der Waals surface area contributed by atoms with Crippen molar-refractivity contribution in [2.75, 3.05) is 6.61 Å². The van der Waals surface area contributed by atoms with Gasteiger partial charge in [-0.3, -0.25) is 4.79 Å². The van der Waals surface area contributed by atoms with Crippen LogP contribution in [0, 0.1) is 11.8 Å². The maximum atomic E-state index is 12.5. The van der Waals surface area contributed by atoms with Crippen molar-refractivity contribution in [3.8, 4) is 0 Å². The molecule has 0 saturated carbocycles. The lowest BCUT2D eigenvalue weighted by atomic mass is 9.95. The van der Waals surface area contributed by atoms with E-state index >= 15 is 0 Å². The highest BCUT2D eigenvalue weighted by molar-refractivity contribution is 5.71. The zero-order chi connectivity index (χ0) is 25.1. The smallest absolute Gasteiger partial charge is 0.308 e. The molecule has 2 unspecified atom stereocenters. The molecule has 0 fully saturated rings. The van der Waals surface area contributed by atoms with Crippen LogP contribution in [0.3, 0.4) is 0 Å². The highest BCUT2D eigenvalue weighted by Crippen LogP contribution is 2.21. The summed E-state index contributed by atoms with van der Waals surface area (Å²) in [4.78, 5) is 12.5. The highest BCUT2D eigenvalue weighted by atomic mass is 16.5. The molecular formula is C32H64O2. The number of carbonyl (C=O) groups is 1. The Morgan fingerprint density at radius 2 is 0.824 bits per heavy atom. The second-order valence-electron chi connectivity index (χ2n) is 11.1. The molecule has 0 saturated heterocycles. The molecule has 0 aliphatic rings. The molecule has 2 heteroatoms. The van der Waals surface area contributed by atoms with Crippen LogP contribution in [-0.2, 0) is 9.53 Å². The van der Waals surface area contributed by atoms with E-state index in [1.807, 2.05) is 0 Å². The van der Waals surface area contributed by atoms with E-state index in [1.165, 1.54) is 148 Å². The summed E-state index contributed by atoms with van der Waals surface area (Å²) in [5.74, 6) is 0.681. The third kappa shape index (κ3) is 23.2. The van der Waals surface area contributed by atoms with Gasteiger partial charge in [0, 0.05) is 0 Å². The molecule has 0 aromatic carbocycles. The van der Waals surface area contributed by atoms with E-state index in [0.29, 0.717) is 12.5 Å². The average molecular weight is 481 g/mol. The van der Waals surface area contributed by atoms with E-state index in [4.69, 9.17) is 4.74 Å². The number of esters is 1. The van der Waals surface area contributed by atoms with Gasteiger partial charge in [-0.25, -0.2) is 0 Å². The van der Waals surface area contributed by atoms with Crippen LogP contribution in [0.25, 0.3) is 0 Å². The lowest BCUT2D eigenvalue weighted by Crippen LogP contribution is -2.19. The quantitative estimate of drug-likeness (QED) is 0.0862. The second-order valence-corrected chi connectivity index (χ2v) is 11.1. The van der Waals surface area contributed by atoms with Gasteiger partial charge in [0.1, 0.15) is 0 Å². The first-order valence-corrected chi connectivity index (χ1v) is 15.8. The van der Waals surface area contributed by atoms with Gasteiger partial charge in [-0.2, -0.15) is 0 Å². The third-order valence-corrected chi connectivity index (χ3v) is 7.54. The number of rotatable bonds is 27. The van der Waals surface area contributed by atoms with Crippen molar-refractivity contribution < 1.29 is 9.53 Å². The number of carbonyl (C=O) groups excluding carboxylic acids is 1. The summed E-state index contributed by atoms with van der Waals surface area (Å²) in [6.45, 7) is 9.55. The Balaban J connectivity index is 3.82. The van der Waals surface area contributed by atoms with E-state index in [2.05, 4.69) is 27.7 Å². The van der Waals surface area contributed by atoms with Crippen molar-refractivity contribution >= 4 is 5.97 Å². The number of hydrogen-bond donors (Lipinski definition) is 0. The molecule has 0 rings (SSSR count). The molecule has 0 radical (unpaired) electrons. The minimum absolute atomic E-state index is 0.0477. The van der Waals surface area contributed by atoms with Gasteiger partial charge >= 0.3 is 5.97 Å². The van der Waals surface area contributed by atoms with Crippen LogP contribution in [0.2, 0.25) is 0 Å². The fourth-order valence-corrected chi connectivity index (χ4v) is 4.96. The van der Waals surface area contributed by atoms with Crippen molar-refractivity contribution in [2.24, 2.45) is 11.8 Å². The summed E-state index contributed by atoms with van der Waals surface area (Å²) >= 11 is 0. The lowest BCUT2D eigenvalue weighted by Gasteiger charge is -2.19. The molecule has 0 aromatic rings. The summed E-state index contributed by atoms with van der Waals surface area (Å²) in [5.41, 5.74) is 0. The molecule has 2 nitrogen and oxygen atoms in total. The van der Waals surface area contributed by atoms with Crippen LogP contribution < -0.4 is 0 Å². The molecule has 0 aliphatic carbocycles. The number of unbranched alkanes of at least 4 members (excludes halogenated alkanes) is 18. The monoisotopic (exact) mass is 480 g/mol. The fourth-order valence-electron chi connectivity index (χ4n) is 4.96. The third-order valence-electron chi connectivity index (χ3n) is 7.54. The molecule has 0 bridgehead atoms. The first kappa shape index (κ1) is 33.5. The molecule has 0 amide bonds. The molecule has 0 aromatic heterocycles. The summed E-state index contributed by atoms with van der Waals surface area (Å²) in [6, 6.07) is 0. The largest absolute Gasteiger partial charge is 0.465 e. The van der Waals surface area contributed by atoms with Gasteiger partial charge in [-0.05, 0) is 25.2 Å². The van der Waals surface area contributed by atoms with Crippen molar-refractivity contribution in [1.82, 2.24) is 0 Å². The first-order valence-electron chi connectivity index (χ1n) is 15.8. The topological polar surface area (TPSA) is 26.3 Å². The first-order chi connectivity index (χ1) is 16.7. The molecule has 34 heavy (non-hydrogen) atoms. The predicted molar refractivity (Wildman–Crippen MR) is 151 cm³/mol. The second kappa shape index (κ2) is 27.1. The molecule has 0 heterocycles. The molecule has 0 aliphatic heterocycles. The SMILES string of the molecule is CCCCCCCCCCCCCCC(C)C(=O)OCC(CCCCC)CCCCCCCC. The minimum atomic E-state index is 0.0477. The van der Waals surface area contributed by atoms with Gasteiger partial charge in [0.05, 0.1) is 12.5 Å². The van der Waals surface area contributed by atoms with Gasteiger partial charge in [0.25, 0.3) is 0 Å². The molecule has 0 spiro atoms.